The number of ether oxygens (including phenoxy) is 2. The molecule has 1 atom stereocenters. The molecular formula is C13H23NO4S. The number of carbonyl (C=O) groups excluding carboxylic acids is 2. The second-order valence-corrected chi connectivity index (χ2v) is 5.38. The van der Waals surface area contributed by atoms with Gasteiger partial charge in [-0.2, -0.15) is 11.8 Å². The molecule has 0 saturated heterocycles. The summed E-state index contributed by atoms with van der Waals surface area (Å²) in [5, 5.41) is 2.51. The summed E-state index contributed by atoms with van der Waals surface area (Å²) < 4.78 is 9.92. The Morgan fingerprint density at radius 3 is 2.58 bits per heavy atom. The second-order valence-electron chi connectivity index (χ2n) is 4.39. The van der Waals surface area contributed by atoms with E-state index in [1.54, 1.807) is 11.8 Å². The number of thioether (sulfide) groups is 1. The molecule has 0 radical (unpaired) electrons. The van der Waals surface area contributed by atoms with E-state index >= 15 is 0 Å². The Labute approximate surface area is 119 Å². The van der Waals surface area contributed by atoms with E-state index in [9.17, 15) is 9.59 Å². The third kappa shape index (κ3) is 9.41. The van der Waals surface area contributed by atoms with Gasteiger partial charge in [-0.1, -0.05) is 26.5 Å². The summed E-state index contributed by atoms with van der Waals surface area (Å²) in [6.07, 6.45) is 3.29. The fourth-order valence-electron chi connectivity index (χ4n) is 1.15. The molecule has 6 heteroatoms. The van der Waals surface area contributed by atoms with Gasteiger partial charge in [0.2, 0.25) is 0 Å². The highest BCUT2D eigenvalue weighted by molar-refractivity contribution is 7.98. The van der Waals surface area contributed by atoms with Crippen molar-refractivity contribution < 1.29 is 19.1 Å². The van der Waals surface area contributed by atoms with Crippen LogP contribution in [0.2, 0.25) is 0 Å². The van der Waals surface area contributed by atoms with Crippen LogP contribution in [0.5, 0.6) is 0 Å². The number of esters is 1. The quantitative estimate of drug-likeness (QED) is 0.521. The van der Waals surface area contributed by atoms with Crippen molar-refractivity contribution in [3.05, 3.63) is 12.7 Å². The lowest BCUT2D eigenvalue weighted by Gasteiger charge is -2.17. The molecule has 0 aromatic rings. The molecule has 0 bridgehead atoms. The molecule has 19 heavy (non-hydrogen) atoms. The van der Waals surface area contributed by atoms with E-state index in [1.807, 2.05) is 20.1 Å². The smallest absolute Gasteiger partial charge is 0.408 e. The van der Waals surface area contributed by atoms with Gasteiger partial charge >= 0.3 is 12.1 Å². The summed E-state index contributed by atoms with van der Waals surface area (Å²) in [6.45, 7) is 7.81. The standard InChI is InChI=1S/C13H23NO4S/c1-5-7-17-13(16)14-11(6-8-19-4)12(15)18-9-10(2)3/h5,10-11H,1,6-9H2,2-4H3,(H,14,16)/t11-/m0/s1. The van der Waals surface area contributed by atoms with E-state index < -0.39 is 18.1 Å². The average Bonchev–Trinajstić information content (AvgIpc) is 2.38. The molecular weight excluding hydrogens is 266 g/mol. The maximum absolute atomic E-state index is 11.8. The van der Waals surface area contributed by atoms with E-state index in [1.165, 1.54) is 6.08 Å². The number of alkyl carbamates (subject to hydrolysis) is 1. The third-order valence-corrected chi connectivity index (χ3v) is 2.72. The Morgan fingerprint density at radius 2 is 2.05 bits per heavy atom. The lowest BCUT2D eigenvalue weighted by atomic mass is 10.2. The topological polar surface area (TPSA) is 64.6 Å². The summed E-state index contributed by atoms with van der Waals surface area (Å²) in [7, 11) is 0. The highest BCUT2D eigenvalue weighted by Crippen LogP contribution is 2.04. The van der Waals surface area contributed by atoms with Crippen LogP contribution in [0.1, 0.15) is 20.3 Å². The Bertz CT molecular complexity index is 294. The molecule has 1 amide bonds. The highest BCUT2D eigenvalue weighted by Gasteiger charge is 2.22. The van der Waals surface area contributed by atoms with Crippen molar-refractivity contribution in [1.82, 2.24) is 5.32 Å². The number of carbonyl (C=O) groups is 2. The van der Waals surface area contributed by atoms with E-state index in [0.717, 1.165) is 5.75 Å². The van der Waals surface area contributed by atoms with Gasteiger partial charge in [0, 0.05) is 0 Å². The van der Waals surface area contributed by atoms with E-state index in [2.05, 4.69) is 11.9 Å². The van der Waals surface area contributed by atoms with Crippen LogP contribution in [0.4, 0.5) is 4.79 Å². The van der Waals surface area contributed by atoms with E-state index in [0.29, 0.717) is 13.0 Å². The zero-order chi connectivity index (χ0) is 14.7. The molecule has 0 saturated carbocycles. The molecule has 1 N–H and O–H groups in total. The van der Waals surface area contributed by atoms with Crippen LogP contribution in [0.15, 0.2) is 12.7 Å². The average molecular weight is 289 g/mol. The Kier molecular flexibility index (Phi) is 10.1. The first-order valence-electron chi connectivity index (χ1n) is 6.21. The summed E-state index contributed by atoms with van der Waals surface area (Å²) in [5.41, 5.74) is 0. The molecule has 0 spiro atoms. The first kappa shape index (κ1) is 17.8. The van der Waals surface area contributed by atoms with Crippen LogP contribution < -0.4 is 5.32 Å². The predicted octanol–water partition coefficient (Wildman–Crippen LogP) is 2.22. The molecule has 0 aromatic carbocycles. The second kappa shape index (κ2) is 10.7. The lowest BCUT2D eigenvalue weighted by Crippen LogP contribution is -2.42. The van der Waals surface area contributed by atoms with Crippen molar-refractivity contribution >= 4 is 23.8 Å². The maximum Gasteiger partial charge on any atom is 0.408 e. The van der Waals surface area contributed by atoms with Crippen molar-refractivity contribution in [1.29, 1.82) is 0 Å². The van der Waals surface area contributed by atoms with Gasteiger partial charge in [0.1, 0.15) is 12.6 Å². The molecule has 0 rings (SSSR count). The summed E-state index contributed by atoms with van der Waals surface area (Å²) in [6, 6.07) is -0.663. The molecule has 0 aliphatic rings. The predicted molar refractivity (Wildman–Crippen MR) is 77.3 cm³/mol. The summed E-state index contributed by atoms with van der Waals surface area (Å²) in [5.74, 6) is 0.597. The molecule has 5 nitrogen and oxygen atoms in total. The van der Waals surface area contributed by atoms with Crippen LogP contribution in [0.25, 0.3) is 0 Å². The van der Waals surface area contributed by atoms with Crippen LogP contribution >= 0.6 is 11.8 Å². The monoisotopic (exact) mass is 289 g/mol. The summed E-state index contributed by atoms with van der Waals surface area (Å²) in [4.78, 5) is 23.3. The zero-order valence-corrected chi connectivity index (χ0v) is 12.6. The Hall–Kier alpha value is -1.17. The largest absolute Gasteiger partial charge is 0.464 e. The number of nitrogens with one attached hydrogen (secondary N) is 1. The van der Waals surface area contributed by atoms with Gasteiger partial charge in [0.25, 0.3) is 0 Å². The van der Waals surface area contributed by atoms with Crippen molar-refractivity contribution in [2.24, 2.45) is 5.92 Å². The SMILES string of the molecule is C=CCOC(=O)N[C@@H](CCSC)C(=O)OCC(C)C. The number of hydrogen-bond acceptors (Lipinski definition) is 5. The van der Waals surface area contributed by atoms with Gasteiger partial charge in [-0.05, 0) is 24.3 Å². The zero-order valence-electron chi connectivity index (χ0n) is 11.8. The molecule has 0 aromatic heterocycles. The number of hydrogen-bond donors (Lipinski definition) is 1. The molecule has 0 fully saturated rings. The molecule has 0 unspecified atom stereocenters. The van der Waals surface area contributed by atoms with Crippen LogP contribution in [-0.4, -0.2) is 43.3 Å². The van der Waals surface area contributed by atoms with Gasteiger partial charge in [-0.15, -0.1) is 0 Å². The highest BCUT2D eigenvalue weighted by atomic mass is 32.2. The fraction of sp³-hybridized carbons (Fsp3) is 0.692. The van der Waals surface area contributed by atoms with Crippen LogP contribution in [-0.2, 0) is 14.3 Å². The van der Waals surface area contributed by atoms with Crippen molar-refractivity contribution in [2.45, 2.75) is 26.3 Å². The fourth-order valence-corrected chi connectivity index (χ4v) is 1.62. The van der Waals surface area contributed by atoms with Crippen molar-refractivity contribution in [3.8, 4) is 0 Å². The van der Waals surface area contributed by atoms with Gasteiger partial charge < -0.3 is 14.8 Å². The van der Waals surface area contributed by atoms with Gasteiger partial charge in [0.05, 0.1) is 6.61 Å². The number of rotatable bonds is 9. The van der Waals surface area contributed by atoms with E-state index in [4.69, 9.17) is 9.47 Å². The van der Waals surface area contributed by atoms with Crippen molar-refractivity contribution in [2.75, 3.05) is 25.2 Å². The van der Waals surface area contributed by atoms with Crippen LogP contribution in [0.3, 0.4) is 0 Å². The minimum atomic E-state index is -0.663. The normalized spacial score (nSPS) is 11.8. The molecule has 110 valence electrons. The van der Waals surface area contributed by atoms with Gasteiger partial charge in [-0.25, -0.2) is 9.59 Å². The van der Waals surface area contributed by atoms with Crippen LogP contribution in [0, 0.1) is 5.92 Å². The first-order valence-corrected chi connectivity index (χ1v) is 7.60. The number of amides is 1. The Morgan fingerprint density at radius 1 is 1.37 bits per heavy atom. The first-order chi connectivity index (χ1) is 9.01. The molecule has 0 aliphatic carbocycles. The Balaban J connectivity index is 4.30. The van der Waals surface area contributed by atoms with E-state index in [-0.39, 0.29) is 12.5 Å². The lowest BCUT2D eigenvalue weighted by molar-refractivity contribution is -0.147. The molecule has 0 aliphatic heterocycles. The maximum atomic E-state index is 11.8. The van der Waals surface area contributed by atoms with Gasteiger partial charge in [0.15, 0.2) is 0 Å². The van der Waals surface area contributed by atoms with Gasteiger partial charge in [-0.3, -0.25) is 0 Å². The minimum Gasteiger partial charge on any atom is -0.464 e. The summed E-state index contributed by atoms with van der Waals surface area (Å²) >= 11 is 1.60. The third-order valence-electron chi connectivity index (χ3n) is 2.08. The minimum absolute atomic E-state index is 0.113. The molecule has 0 heterocycles. The van der Waals surface area contributed by atoms with Crippen molar-refractivity contribution in [3.63, 3.8) is 0 Å².